The van der Waals surface area contributed by atoms with Crippen molar-refractivity contribution in [3.8, 4) is 0 Å². The molecule has 1 N–H and O–H groups in total. The lowest BCUT2D eigenvalue weighted by Crippen LogP contribution is -2.63. The van der Waals surface area contributed by atoms with E-state index in [1.165, 1.54) is 6.42 Å². The first-order chi connectivity index (χ1) is 9.51. The number of nitrogens with one attached hydrogen (secondary N) is 1. The van der Waals surface area contributed by atoms with Crippen LogP contribution in [-0.2, 0) is 9.47 Å². The number of methoxy groups -OCH3 is 1. The second-order valence-electron chi connectivity index (χ2n) is 6.59. The van der Waals surface area contributed by atoms with Crippen molar-refractivity contribution < 1.29 is 9.47 Å². The van der Waals surface area contributed by atoms with Crippen molar-refractivity contribution in [2.24, 2.45) is 5.92 Å². The monoisotopic (exact) mass is 286 g/mol. The average Bonchev–Trinajstić information content (AvgIpc) is 2.43. The highest BCUT2D eigenvalue weighted by molar-refractivity contribution is 4.94. The molecule has 0 spiro atoms. The molecule has 0 radical (unpaired) electrons. The number of hydrogen-bond acceptors (Lipinski definition) is 4. The SMILES string of the molecule is CCC(C)C1CN(CCOCCCOC)C(C)(C)CN1. The molecule has 1 heterocycles. The molecule has 2 unspecified atom stereocenters. The van der Waals surface area contributed by atoms with Gasteiger partial charge in [0.1, 0.15) is 0 Å². The van der Waals surface area contributed by atoms with Crippen molar-refractivity contribution in [2.75, 3.05) is 46.6 Å². The summed E-state index contributed by atoms with van der Waals surface area (Å²) < 4.78 is 10.7. The molecule has 1 fully saturated rings. The van der Waals surface area contributed by atoms with Crippen molar-refractivity contribution in [3.05, 3.63) is 0 Å². The summed E-state index contributed by atoms with van der Waals surface area (Å²) in [5.41, 5.74) is 0.222. The van der Waals surface area contributed by atoms with Crippen LogP contribution in [0.2, 0.25) is 0 Å². The molecule has 0 aromatic rings. The van der Waals surface area contributed by atoms with Gasteiger partial charge in [0, 0.05) is 51.5 Å². The fourth-order valence-corrected chi connectivity index (χ4v) is 2.68. The summed E-state index contributed by atoms with van der Waals surface area (Å²) >= 11 is 0. The Balaban J connectivity index is 2.32. The molecule has 20 heavy (non-hydrogen) atoms. The van der Waals surface area contributed by atoms with Crippen LogP contribution in [0.3, 0.4) is 0 Å². The van der Waals surface area contributed by atoms with Gasteiger partial charge in [-0.25, -0.2) is 0 Å². The van der Waals surface area contributed by atoms with E-state index in [1.807, 2.05) is 0 Å². The molecule has 0 bridgehead atoms. The van der Waals surface area contributed by atoms with E-state index in [-0.39, 0.29) is 5.54 Å². The first-order valence-corrected chi connectivity index (χ1v) is 8.06. The minimum Gasteiger partial charge on any atom is -0.385 e. The molecule has 1 saturated heterocycles. The normalized spacial score (nSPS) is 24.8. The number of piperazine rings is 1. The largest absolute Gasteiger partial charge is 0.385 e. The summed E-state index contributed by atoms with van der Waals surface area (Å²) in [4.78, 5) is 2.58. The third kappa shape index (κ3) is 5.68. The molecule has 0 amide bonds. The van der Waals surface area contributed by atoms with Gasteiger partial charge in [0.25, 0.3) is 0 Å². The van der Waals surface area contributed by atoms with Crippen LogP contribution in [0, 0.1) is 5.92 Å². The summed E-state index contributed by atoms with van der Waals surface area (Å²) in [5, 5.41) is 3.71. The lowest BCUT2D eigenvalue weighted by Gasteiger charge is -2.47. The van der Waals surface area contributed by atoms with E-state index in [4.69, 9.17) is 9.47 Å². The Morgan fingerprint density at radius 3 is 2.70 bits per heavy atom. The van der Waals surface area contributed by atoms with Gasteiger partial charge >= 0.3 is 0 Å². The molecule has 1 rings (SSSR count). The van der Waals surface area contributed by atoms with Gasteiger partial charge in [-0.2, -0.15) is 0 Å². The molecular formula is C16H34N2O2. The van der Waals surface area contributed by atoms with Gasteiger partial charge in [-0.3, -0.25) is 4.90 Å². The highest BCUT2D eigenvalue weighted by Gasteiger charge is 2.34. The summed E-state index contributed by atoms with van der Waals surface area (Å²) in [7, 11) is 1.73. The zero-order chi connectivity index (χ0) is 15.0. The Morgan fingerprint density at radius 2 is 2.05 bits per heavy atom. The van der Waals surface area contributed by atoms with Crippen LogP contribution in [-0.4, -0.2) is 63.0 Å². The van der Waals surface area contributed by atoms with Crippen LogP contribution in [0.4, 0.5) is 0 Å². The first kappa shape index (κ1) is 17.9. The molecule has 2 atom stereocenters. The van der Waals surface area contributed by atoms with E-state index in [0.717, 1.165) is 51.8 Å². The molecule has 1 aliphatic rings. The molecule has 0 aromatic carbocycles. The van der Waals surface area contributed by atoms with Crippen molar-refractivity contribution in [2.45, 2.75) is 52.1 Å². The Kier molecular flexibility index (Phi) is 8.03. The van der Waals surface area contributed by atoms with Gasteiger partial charge in [0.15, 0.2) is 0 Å². The average molecular weight is 286 g/mol. The van der Waals surface area contributed by atoms with Gasteiger partial charge in [-0.15, -0.1) is 0 Å². The van der Waals surface area contributed by atoms with E-state index in [1.54, 1.807) is 7.11 Å². The van der Waals surface area contributed by atoms with Crippen molar-refractivity contribution in [1.82, 2.24) is 10.2 Å². The predicted molar refractivity (Wildman–Crippen MR) is 84.2 cm³/mol. The summed E-state index contributed by atoms with van der Waals surface area (Å²) in [6.07, 6.45) is 2.22. The highest BCUT2D eigenvalue weighted by atomic mass is 16.5. The molecule has 0 saturated carbocycles. The maximum atomic E-state index is 5.71. The molecular weight excluding hydrogens is 252 g/mol. The quantitative estimate of drug-likeness (QED) is 0.659. The standard InChI is InChI=1S/C16H34N2O2/c1-6-14(2)15-12-18(16(3,4)13-17-15)8-11-20-10-7-9-19-5/h14-15,17H,6-13H2,1-5H3. The third-order valence-corrected chi connectivity index (χ3v) is 4.54. The Bertz CT molecular complexity index is 259. The Morgan fingerprint density at radius 1 is 1.30 bits per heavy atom. The number of hydrogen-bond donors (Lipinski definition) is 1. The maximum Gasteiger partial charge on any atom is 0.0593 e. The predicted octanol–water partition coefficient (Wildman–Crippen LogP) is 2.14. The summed E-state index contributed by atoms with van der Waals surface area (Å²) in [5.74, 6) is 0.733. The topological polar surface area (TPSA) is 33.7 Å². The molecule has 4 heteroatoms. The maximum absolute atomic E-state index is 5.71. The fourth-order valence-electron chi connectivity index (χ4n) is 2.68. The second kappa shape index (κ2) is 8.98. The van der Waals surface area contributed by atoms with Gasteiger partial charge in [0.05, 0.1) is 6.61 Å². The van der Waals surface area contributed by atoms with Gasteiger partial charge < -0.3 is 14.8 Å². The van der Waals surface area contributed by atoms with E-state index < -0.39 is 0 Å². The molecule has 1 aliphatic heterocycles. The minimum atomic E-state index is 0.222. The van der Waals surface area contributed by atoms with Gasteiger partial charge in [0.2, 0.25) is 0 Å². The van der Waals surface area contributed by atoms with Crippen LogP contribution >= 0.6 is 0 Å². The van der Waals surface area contributed by atoms with E-state index >= 15 is 0 Å². The van der Waals surface area contributed by atoms with Crippen LogP contribution < -0.4 is 5.32 Å². The zero-order valence-electron chi connectivity index (χ0n) is 14.1. The smallest absolute Gasteiger partial charge is 0.0593 e. The van der Waals surface area contributed by atoms with Gasteiger partial charge in [-0.1, -0.05) is 20.3 Å². The van der Waals surface area contributed by atoms with Crippen molar-refractivity contribution >= 4 is 0 Å². The van der Waals surface area contributed by atoms with Crippen LogP contribution in [0.1, 0.15) is 40.5 Å². The fraction of sp³-hybridized carbons (Fsp3) is 1.00. The number of ether oxygens (including phenoxy) is 2. The number of rotatable bonds is 9. The van der Waals surface area contributed by atoms with Crippen LogP contribution in [0.5, 0.6) is 0 Å². The molecule has 120 valence electrons. The second-order valence-corrected chi connectivity index (χ2v) is 6.59. The highest BCUT2D eigenvalue weighted by Crippen LogP contribution is 2.22. The van der Waals surface area contributed by atoms with E-state index in [9.17, 15) is 0 Å². The van der Waals surface area contributed by atoms with Crippen molar-refractivity contribution in [1.29, 1.82) is 0 Å². The first-order valence-electron chi connectivity index (χ1n) is 8.06. The molecule has 4 nitrogen and oxygen atoms in total. The Hall–Kier alpha value is -0.160. The Labute approximate surface area is 125 Å². The van der Waals surface area contributed by atoms with Crippen LogP contribution in [0.25, 0.3) is 0 Å². The summed E-state index contributed by atoms with van der Waals surface area (Å²) in [6, 6.07) is 0.613. The van der Waals surface area contributed by atoms with Crippen LogP contribution in [0.15, 0.2) is 0 Å². The minimum absolute atomic E-state index is 0.222. The molecule has 0 aliphatic carbocycles. The number of nitrogens with zero attached hydrogens (tertiary/aromatic N) is 1. The van der Waals surface area contributed by atoms with Crippen molar-refractivity contribution in [3.63, 3.8) is 0 Å². The van der Waals surface area contributed by atoms with Gasteiger partial charge in [-0.05, 0) is 26.2 Å². The van der Waals surface area contributed by atoms with E-state index in [0.29, 0.717) is 6.04 Å². The molecule has 0 aromatic heterocycles. The lowest BCUT2D eigenvalue weighted by molar-refractivity contribution is 0.0169. The zero-order valence-corrected chi connectivity index (χ0v) is 14.1. The summed E-state index contributed by atoms with van der Waals surface area (Å²) in [6.45, 7) is 14.9. The lowest BCUT2D eigenvalue weighted by atomic mass is 9.91. The van der Waals surface area contributed by atoms with E-state index in [2.05, 4.69) is 37.9 Å². The third-order valence-electron chi connectivity index (χ3n) is 4.54.